The molecular weight excluding hydrogens is 408 g/mol. The number of methoxy groups -OCH3 is 1. The van der Waals surface area contributed by atoms with Crippen LogP contribution >= 0.6 is 11.8 Å². The molecule has 31 heavy (non-hydrogen) atoms. The van der Waals surface area contributed by atoms with Crippen LogP contribution in [0, 0.1) is 6.92 Å². The lowest BCUT2D eigenvalue weighted by atomic mass is 10.1. The summed E-state index contributed by atoms with van der Waals surface area (Å²) in [5, 5.41) is 2.99. The highest BCUT2D eigenvalue weighted by molar-refractivity contribution is 7.99. The van der Waals surface area contributed by atoms with Gasteiger partial charge in [-0.05, 0) is 57.9 Å². The minimum atomic E-state index is -0.576. The molecule has 2 aromatic rings. The standard InChI is InChI=1S/C25H34N2O3S/c1-18-8-7-9-21(14-18)16-31-17-23(28)27(19(2)24(29)26-25(3,4)5)15-20-10-12-22(30-6)13-11-20/h7-14,19H,15-17H2,1-6H3,(H,26,29)/t19-/m1/s1. The van der Waals surface area contributed by atoms with E-state index in [2.05, 4.69) is 30.4 Å². The van der Waals surface area contributed by atoms with Crippen molar-refractivity contribution in [3.63, 3.8) is 0 Å². The zero-order valence-electron chi connectivity index (χ0n) is 19.4. The summed E-state index contributed by atoms with van der Waals surface area (Å²) in [6.45, 7) is 10.0. The van der Waals surface area contributed by atoms with Crippen molar-refractivity contribution in [1.82, 2.24) is 10.2 Å². The van der Waals surface area contributed by atoms with E-state index in [-0.39, 0.29) is 17.4 Å². The van der Waals surface area contributed by atoms with E-state index in [0.717, 1.165) is 17.1 Å². The van der Waals surface area contributed by atoms with Gasteiger partial charge in [0.25, 0.3) is 0 Å². The maximum atomic E-state index is 13.1. The molecule has 0 aliphatic heterocycles. The normalized spacial score (nSPS) is 12.2. The first-order valence-electron chi connectivity index (χ1n) is 10.5. The lowest BCUT2D eigenvalue weighted by Crippen LogP contribution is -2.52. The zero-order chi connectivity index (χ0) is 23.0. The highest BCUT2D eigenvalue weighted by Crippen LogP contribution is 2.18. The Morgan fingerprint density at radius 2 is 1.77 bits per heavy atom. The average molecular weight is 443 g/mol. The van der Waals surface area contributed by atoms with Crippen molar-refractivity contribution in [1.29, 1.82) is 0 Å². The van der Waals surface area contributed by atoms with Gasteiger partial charge in [0.1, 0.15) is 11.8 Å². The molecule has 0 heterocycles. The fraction of sp³-hybridized carbons (Fsp3) is 0.440. The number of amides is 2. The number of nitrogens with zero attached hydrogens (tertiary/aromatic N) is 1. The Kier molecular flexibility index (Phi) is 8.99. The molecule has 2 amide bonds. The Morgan fingerprint density at radius 1 is 1.10 bits per heavy atom. The Bertz CT molecular complexity index is 875. The zero-order valence-corrected chi connectivity index (χ0v) is 20.2. The average Bonchev–Trinajstić information content (AvgIpc) is 2.70. The molecule has 1 atom stereocenters. The van der Waals surface area contributed by atoms with E-state index >= 15 is 0 Å². The molecule has 0 saturated carbocycles. The Morgan fingerprint density at radius 3 is 2.35 bits per heavy atom. The molecule has 0 aliphatic rings. The number of nitrogens with one attached hydrogen (secondary N) is 1. The van der Waals surface area contributed by atoms with E-state index < -0.39 is 6.04 Å². The predicted molar refractivity (Wildman–Crippen MR) is 128 cm³/mol. The summed E-state index contributed by atoms with van der Waals surface area (Å²) < 4.78 is 5.22. The van der Waals surface area contributed by atoms with Crippen molar-refractivity contribution >= 4 is 23.6 Å². The third-order valence-corrected chi connectivity index (χ3v) is 5.74. The van der Waals surface area contributed by atoms with Gasteiger partial charge in [-0.25, -0.2) is 0 Å². The lowest BCUT2D eigenvalue weighted by Gasteiger charge is -2.31. The molecule has 0 aliphatic carbocycles. The van der Waals surface area contributed by atoms with E-state index in [1.54, 1.807) is 30.7 Å². The van der Waals surface area contributed by atoms with Gasteiger partial charge in [0.15, 0.2) is 0 Å². The molecule has 2 aromatic carbocycles. The van der Waals surface area contributed by atoms with Crippen LogP contribution < -0.4 is 10.1 Å². The molecule has 6 heteroatoms. The number of carbonyl (C=O) groups is 2. The first-order valence-corrected chi connectivity index (χ1v) is 11.6. The maximum absolute atomic E-state index is 13.1. The Balaban J connectivity index is 2.10. The van der Waals surface area contributed by atoms with Gasteiger partial charge in [-0.15, -0.1) is 11.8 Å². The topological polar surface area (TPSA) is 58.6 Å². The fourth-order valence-electron chi connectivity index (χ4n) is 3.13. The van der Waals surface area contributed by atoms with Crippen molar-refractivity contribution < 1.29 is 14.3 Å². The number of rotatable bonds is 9. The third-order valence-electron chi connectivity index (χ3n) is 4.75. The van der Waals surface area contributed by atoms with Crippen molar-refractivity contribution in [3.05, 3.63) is 65.2 Å². The van der Waals surface area contributed by atoms with Crippen molar-refractivity contribution in [2.75, 3.05) is 12.9 Å². The van der Waals surface area contributed by atoms with Gasteiger partial charge in [0.2, 0.25) is 11.8 Å². The first-order chi connectivity index (χ1) is 14.6. The summed E-state index contributed by atoms with van der Waals surface area (Å²) in [6.07, 6.45) is 0. The minimum Gasteiger partial charge on any atom is -0.497 e. The molecule has 0 spiro atoms. The van der Waals surface area contributed by atoms with E-state index in [9.17, 15) is 9.59 Å². The van der Waals surface area contributed by atoms with Crippen molar-refractivity contribution in [2.45, 2.75) is 58.5 Å². The highest BCUT2D eigenvalue weighted by atomic mass is 32.2. The van der Waals surface area contributed by atoms with Crippen molar-refractivity contribution in [2.24, 2.45) is 0 Å². The van der Waals surface area contributed by atoms with Crippen LogP contribution in [0.2, 0.25) is 0 Å². The number of benzene rings is 2. The van der Waals surface area contributed by atoms with E-state index in [1.165, 1.54) is 11.1 Å². The molecule has 0 radical (unpaired) electrons. The molecule has 0 saturated heterocycles. The van der Waals surface area contributed by atoms with Gasteiger partial charge in [-0.3, -0.25) is 9.59 Å². The summed E-state index contributed by atoms with van der Waals surface area (Å²) in [5.41, 5.74) is 2.99. The second kappa shape index (κ2) is 11.2. The van der Waals surface area contributed by atoms with Crippen LogP contribution in [0.3, 0.4) is 0 Å². The fourth-order valence-corrected chi connectivity index (χ4v) is 3.98. The molecule has 0 aromatic heterocycles. The SMILES string of the molecule is COc1ccc(CN(C(=O)CSCc2cccc(C)c2)[C@H](C)C(=O)NC(C)(C)C)cc1. The quantitative estimate of drug-likeness (QED) is 0.618. The number of hydrogen-bond donors (Lipinski definition) is 1. The van der Waals surface area contributed by atoms with Crippen LogP contribution in [0.5, 0.6) is 5.75 Å². The molecule has 2 rings (SSSR count). The summed E-state index contributed by atoms with van der Waals surface area (Å²) in [5.74, 6) is 1.63. The summed E-state index contributed by atoms with van der Waals surface area (Å²) in [7, 11) is 1.62. The van der Waals surface area contributed by atoms with Crippen LogP contribution in [0.1, 0.15) is 44.4 Å². The number of hydrogen-bond acceptors (Lipinski definition) is 4. The molecule has 168 valence electrons. The van der Waals surface area contributed by atoms with E-state index in [4.69, 9.17) is 4.74 Å². The summed E-state index contributed by atoms with van der Waals surface area (Å²) >= 11 is 1.57. The van der Waals surface area contributed by atoms with Crippen LogP contribution in [0.4, 0.5) is 0 Å². The number of carbonyl (C=O) groups excluding carboxylic acids is 2. The maximum Gasteiger partial charge on any atom is 0.242 e. The molecular formula is C25H34N2O3S. The smallest absolute Gasteiger partial charge is 0.242 e. The lowest BCUT2D eigenvalue weighted by molar-refractivity contribution is -0.139. The predicted octanol–water partition coefficient (Wildman–Crippen LogP) is 4.57. The molecule has 0 fully saturated rings. The molecule has 5 nitrogen and oxygen atoms in total. The van der Waals surface area contributed by atoms with Gasteiger partial charge in [-0.1, -0.05) is 42.0 Å². The van der Waals surface area contributed by atoms with E-state index in [1.807, 2.05) is 51.1 Å². The van der Waals surface area contributed by atoms with Crippen LogP contribution in [0.25, 0.3) is 0 Å². The Labute approximate surface area is 190 Å². The summed E-state index contributed by atoms with van der Waals surface area (Å²) in [6, 6.07) is 15.3. The van der Waals surface area contributed by atoms with Gasteiger partial charge in [0.05, 0.1) is 12.9 Å². The van der Waals surface area contributed by atoms with Crippen molar-refractivity contribution in [3.8, 4) is 5.75 Å². The highest BCUT2D eigenvalue weighted by Gasteiger charge is 2.28. The van der Waals surface area contributed by atoms with Crippen LogP contribution in [-0.4, -0.2) is 41.2 Å². The summed E-state index contributed by atoms with van der Waals surface area (Å²) in [4.78, 5) is 27.6. The molecule has 1 N–H and O–H groups in total. The second-order valence-corrected chi connectivity index (χ2v) is 9.75. The number of ether oxygens (including phenoxy) is 1. The molecule has 0 unspecified atom stereocenters. The second-order valence-electron chi connectivity index (χ2n) is 8.77. The monoisotopic (exact) mass is 442 g/mol. The van der Waals surface area contributed by atoms with E-state index in [0.29, 0.717) is 12.3 Å². The Hall–Kier alpha value is -2.47. The molecule has 0 bridgehead atoms. The van der Waals surface area contributed by atoms with Crippen LogP contribution in [0.15, 0.2) is 48.5 Å². The third kappa shape index (κ3) is 8.29. The van der Waals surface area contributed by atoms with Gasteiger partial charge < -0.3 is 15.0 Å². The van der Waals surface area contributed by atoms with Crippen LogP contribution in [-0.2, 0) is 21.9 Å². The minimum absolute atomic E-state index is 0.0509. The largest absolute Gasteiger partial charge is 0.497 e. The number of thioether (sulfide) groups is 1. The van der Waals surface area contributed by atoms with Gasteiger partial charge in [-0.2, -0.15) is 0 Å². The first kappa shape index (κ1) is 24.8. The van der Waals surface area contributed by atoms with Gasteiger partial charge in [0, 0.05) is 17.8 Å². The number of aryl methyl sites for hydroxylation is 1. The van der Waals surface area contributed by atoms with Gasteiger partial charge >= 0.3 is 0 Å².